The van der Waals surface area contributed by atoms with E-state index in [4.69, 9.17) is 10.5 Å². The van der Waals surface area contributed by atoms with Crippen LogP contribution in [0.4, 0.5) is 0 Å². The molecule has 6 nitrogen and oxygen atoms in total. The van der Waals surface area contributed by atoms with Crippen LogP contribution in [0.5, 0.6) is 0 Å². The Balaban J connectivity index is 3.41. The van der Waals surface area contributed by atoms with Crippen LogP contribution in [0, 0.1) is 22.7 Å². The molecule has 0 aromatic rings. The van der Waals surface area contributed by atoms with E-state index in [1.807, 2.05) is 6.07 Å². The van der Waals surface area contributed by atoms with Gasteiger partial charge in [0.05, 0.1) is 18.2 Å². The molecule has 3 N–H and O–H groups in total. The summed E-state index contributed by atoms with van der Waals surface area (Å²) in [5.41, 5.74) is 4.33. The Kier molecular flexibility index (Phi) is 5.77. The summed E-state index contributed by atoms with van der Waals surface area (Å²) >= 11 is 0. The lowest BCUT2D eigenvalue weighted by Crippen LogP contribution is -2.44. The summed E-state index contributed by atoms with van der Waals surface area (Å²) in [6.45, 7) is 3.18. The monoisotopic (exact) mass is 294 g/mol. The number of amides is 1. The number of carbonyl (C=O) groups is 2. The summed E-state index contributed by atoms with van der Waals surface area (Å²) in [6.07, 6.45) is 3.41. The molecule has 1 unspecified atom stereocenters. The van der Waals surface area contributed by atoms with E-state index in [9.17, 15) is 20.0 Å². The molecule has 1 saturated carbocycles. The average Bonchev–Trinajstić information content (AvgIpc) is 2.39. The largest absolute Gasteiger partial charge is 0.512 e. The van der Waals surface area contributed by atoms with Crippen molar-refractivity contribution in [3.63, 3.8) is 0 Å². The van der Waals surface area contributed by atoms with Crippen LogP contribution in [0.15, 0.2) is 11.3 Å². The zero-order chi connectivity index (χ0) is 16.0. The lowest BCUT2D eigenvalue weighted by Gasteiger charge is -2.40. The number of aliphatic hydroxyl groups excluding tert-OH is 1. The summed E-state index contributed by atoms with van der Waals surface area (Å²) in [5, 5.41) is 19.3. The van der Waals surface area contributed by atoms with Crippen molar-refractivity contribution in [1.29, 1.82) is 5.26 Å². The maximum atomic E-state index is 12.2. The number of carbonyl (C=O) groups excluding carboxylic acids is 2. The lowest BCUT2D eigenvalue weighted by molar-refractivity contribution is -0.141. The molecule has 21 heavy (non-hydrogen) atoms. The Hall–Kier alpha value is -2.03. The normalized spacial score (nSPS) is 19.9. The topological polar surface area (TPSA) is 113 Å². The van der Waals surface area contributed by atoms with Crippen molar-refractivity contribution < 1.29 is 19.4 Å². The Morgan fingerprint density at radius 2 is 1.95 bits per heavy atom. The minimum Gasteiger partial charge on any atom is -0.512 e. The van der Waals surface area contributed by atoms with Crippen molar-refractivity contribution in [3.05, 3.63) is 11.3 Å². The second kappa shape index (κ2) is 7.11. The summed E-state index contributed by atoms with van der Waals surface area (Å²) in [6, 6.07) is 1.92. The van der Waals surface area contributed by atoms with Crippen molar-refractivity contribution in [2.75, 3.05) is 6.61 Å². The van der Waals surface area contributed by atoms with Crippen LogP contribution in [0.25, 0.3) is 0 Å². The molecule has 1 atom stereocenters. The number of nitriles is 1. The van der Waals surface area contributed by atoms with Gasteiger partial charge >= 0.3 is 5.97 Å². The maximum Gasteiger partial charge on any atom is 0.338 e. The first kappa shape index (κ1) is 17.0. The van der Waals surface area contributed by atoms with Gasteiger partial charge in [0.2, 0.25) is 5.91 Å². The molecular weight excluding hydrogens is 272 g/mol. The third-order valence-electron chi connectivity index (χ3n) is 4.05. The van der Waals surface area contributed by atoms with Crippen LogP contribution in [-0.2, 0) is 14.3 Å². The number of rotatable bonds is 5. The molecule has 0 spiro atoms. The van der Waals surface area contributed by atoms with Gasteiger partial charge in [0.25, 0.3) is 0 Å². The number of allylic oxidation sites excluding steroid dienone is 1. The van der Waals surface area contributed by atoms with Gasteiger partial charge < -0.3 is 15.6 Å². The molecule has 0 aliphatic heterocycles. The summed E-state index contributed by atoms with van der Waals surface area (Å²) in [7, 11) is 0. The molecule has 0 saturated heterocycles. The Morgan fingerprint density at radius 3 is 2.33 bits per heavy atom. The fourth-order valence-electron chi connectivity index (χ4n) is 3.24. The average molecular weight is 294 g/mol. The summed E-state index contributed by atoms with van der Waals surface area (Å²) in [5.74, 6) is -2.82. The van der Waals surface area contributed by atoms with Gasteiger partial charge in [0, 0.05) is 5.41 Å². The maximum absolute atomic E-state index is 12.2. The molecule has 0 radical (unpaired) electrons. The molecule has 1 amide bonds. The zero-order valence-electron chi connectivity index (χ0n) is 12.5. The fourth-order valence-corrected chi connectivity index (χ4v) is 3.24. The van der Waals surface area contributed by atoms with Crippen molar-refractivity contribution in [1.82, 2.24) is 0 Å². The number of nitrogens with zero attached hydrogens (tertiary/aromatic N) is 1. The lowest BCUT2D eigenvalue weighted by atomic mass is 9.61. The number of hydrogen-bond donors (Lipinski definition) is 2. The van der Waals surface area contributed by atoms with Crippen molar-refractivity contribution in [2.24, 2.45) is 17.1 Å². The Bertz CT molecular complexity index is 480. The van der Waals surface area contributed by atoms with Crippen LogP contribution in [0.3, 0.4) is 0 Å². The van der Waals surface area contributed by atoms with Crippen LogP contribution in [0.2, 0.25) is 0 Å². The minimum atomic E-state index is -1.15. The van der Waals surface area contributed by atoms with Gasteiger partial charge in [-0.2, -0.15) is 5.26 Å². The smallest absolute Gasteiger partial charge is 0.338 e. The van der Waals surface area contributed by atoms with Gasteiger partial charge in [-0.3, -0.25) is 4.79 Å². The molecule has 0 heterocycles. The highest BCUT2D eigenvalue weighted by Gasteiger charge is 2.50. The zero-order valence-corrected chi connectivity index (χ0v) is 12.5. The molecule has 1 aliphatic rings. The molecule has 1 fully saturated rings. The molecule has 1 aliphatic carbocycles. The third kappa shape index (κ3) is 3.35. The van der Waals surface area contributed by atoms with Crippen LogP contribution >= 0.6 is 0 Å². The van der Waals surface area contributed by atoms with Crippen LogP contribution in [-0.4, -0.2) is 23.6 Å². The molecule has 0 bridgehead atoms. The van der Waals surface area contributed by atoms with Gasteiger partial charge in [-0.05, 0) is 26.7 Å². The van der Waals surface area contributed by atoms with E-state index in [-0.39, 0.29) is 17.9 Å². The van der Waals surface area contributed by atoms with Gasteiger partial charge in [-0.25, -0.2) is 4.79 Å². The van der Waals surface area contributed by atoms with E-state index >= 15 is 0 Å². The van der Waals surface area contributed by atoms with Crippen LogP contribution < -0.4 is 5.73 Å². The minimum absolute atomic E-state index is 0.0226. The number of ether oxygens (including phenoxy) is 1. The Morgan fingerprint density at radius 1 is 1.38 bits per heavy atom. The summed E-state index contributed by atoms with van der Waals surface area (Å²) in [4.78, 5) is 23.9. The van der Waals surface area contributed by atoms with Gasteiger partial charge in [-0.15, -0.1) is 0 Å². The molecule has 1 rings (SSSR count). The predicted octanol–water partition coefficient (Wildman–Crippen LogP) is 1.96. The van der Waals surface area contributed by atoms with E-state index in [0.717, 1.165) is 19.3 Å². The Labute approximate surface area is 124 Å². The highest BCUT2D eigenvalue weighted by molar-refractivity contribution is 5.93. The second-order valence-electron chi connectivity index (χ2n) is 5.36. The number of hydrogen-bond acceptors (Lipinski definition) is 5. The first-order valence-electron chi connectivity index (χ1n) is 7.17. The second-order valence-corrected chi connectivity index (χ2v) is 5.36. The van der Waals surface area contributed by atoms with Crippen molar-refractivity contribution in [3.8, 4) is 6.07 Å². The van der Waals surface area contributed by atoms with Gasteiger partial charge in [-0.1, -0.05) is 19.3 Å². The van der Waals surface area contributed by atoms with E-state index in [2.05, 4.69) is 0 Å². The molecule has 6 heteroatoms. The predicted molar refractivity (Wildman–Crippen MR) is 75.8 cm³/mol. The molecule has 116 valence electrons. The third-order valence-corrected chi connectivity index (χ3v) is 4.05. The van der Waals surface area contributed by atoms with E-state index in [0.29, 0.717) is 12.8 Å². The number of nitrogens with two attached hydrogens (primary N) is 1. The van der Waals surface area contributed by atoms with Gasteiger partial charge in [0.1, 0.15) is 11.7 Å². The molecular formula is C15H22N2O4. The molecule has 0 aromatic carbocycles. The quantitative estimate of drug-likeness (QED) is 0.457. The van der Waals surface area contributed by atoms with Crippen molar-refractivity contribution in [2.45, 2.75) is 46.0 Å². The number of esters is 1. The summed E-state index contributed by atoms with van der Waals surface area (Å²) < 4.78 is 5.00. The molecule has 0 aromatic heterocycles. The number of aliphatic hydroxyl groups is 1. The first-order chi connectivity index (χ1) is 9.90. The number of primary amides is 1. The van der Waals surface area contributed by atoms with E-state index < -0.39 is 23.2 Å². The van der Waals surface area contributed by atoms with Crippen molar-refractivity contribution >= 4 is 11.9 Å². The van der Waals surface area contributed by atoms with Crippen LogP contribution in [0.1, 0.15) is 46.0 Å². The van der Waals surface area contributed by atoms with E-state index in [1.54, 1.807) is 6.92 Å². The standard InChI is InChI=1S/C15H22N2O4/c1-3-21-14(20)12(10(2)18)15(7-5-4-6-8-15)11(9-16)13(17)19/h11,18H,3-8H2,1-2H3,(H2,17,19)/b12-10+. The van der Waals surface area contributed by atoms with E-state index in [1.165, 1.54) is 6.92 Å². The highest BCUT2D eigenvalue weighted by Crippen LogP contribution is 2.49. The fraction of sp³-hybridized carbons (Fsp3) is 0.667. The SMILES string of the molecule is CCOC(=O)/C(=C(/C)O)C1(C(C#N)C(N)=O)CCCCC1. The van der Waals surface area contributed by atoms with Gasteiger partial charge in [0.15, 0.2) is 0 Å². The highest BCUT2D eigenvalue weighted by atomic mass is 16.5. The first-order valence-corrected chi connectivity index (χ1v) is 7.17.